The number of anilines is 2. The first-order valence-corrected chi connectivity index (χ1v) is 11.1. The summed E-state index contributed by atoms with van der Waals surface area (Å²) in [5.41, 5.74) is 1.66. The van der Waals surface area contributed by atoms with E-state index < -0.39 is 6.03 Å². The van der Waals surface area contributed by atoms with Crippen molar-refractivity contribution in [1.82, 2.24) is 5.32 Å². The molecule has 1 fully saturated rings. The predicted molar refractivity (Wildman–Crippen MR) is 122 cm³/mol. The number of hydrogen-bond donors (Lipinski definition) is 2. The first-order valence-electron chi connectivity index (χ1n) is 11.1. The van der Waals surface area contributed by atoms with Crippen molar-refractivity contribution in [3.63, 3.8) is 0 Å². The highest BCUT2D eigenvalue weighted by Gasteiger charge is 2.32. The minimum atomic E-state index is -0.421. The highest BCUT2D eigenvalue weighted by Crippen LogP contribution is 2.35. The summed E-state index contributed by atoms with van der Waals surface area (Å²) >= 11 is 0. The van der Waals surface area contributed by atoms with Gasteiger partial charge in [-0.2, -0.15) is 0 Å². The van der Waals surface area contributed by atoms with Gasteiger partial charge in [-0.25, -0.2) is 9.59 Å². The van der Waals surface area contributed by atoms with E-state index in [9.17, 15) is 14.4 Å². The number of benzene rings is 2. The number of amides is 3. The summed E-state index contributed by atoms with van der Waals surface area (Å²) in [6.07, 6.45) is 1.97. The molecule has 2 heterocycles. The van der Waals surface area contributed by atoms with Crippen LogP contribution in [0.1, 0.15) is 36.5 Å². The summed E-state index contributed by atoms with van der Waals surface area (Å²) in [6, 6.07) is 11.1. The highest BCUT2D eigenvalue weighted by atomic mass is 16.6. The van der Waals surface area contributed by atoms with Gasteiger partial charge in [0.15, 0.2) is 11.5 Å². The van der Waals surface area contributed by atoms with Crippen LogP contribution in [0.4, 0.5) is 16.2 Å². The lowest BCUT2D eigenvalue weighted by Gasteiger charge is -2.22. The van der Waals surface area contributed by atoms with E-state index in [0.717, 1.165) is 12.8 Å². The second kappa shape index (κ2) is 10.2. The molecule has 9 nitrogen and oxygen atoms in total. The van der Waals surface area contributed by atoms with Gasteiger partial charge in [0.1, 0.15) is 13.2 Å². The standard InChI is InChI=1S/C24H27N3O6/c1-2-3-10-33-23(29)16-4-6-17(7-5-16)25-24(30)26-18-13-22(28)27(15-18)19-8-9-20-21(14-19)32-12-11-31-20/h4-9,14,18H,2-3,10-13,15H2,1H3,(H2,25,26,30). The van der Waals surface area contributed by atoms with Crippen molar-refractivity contribution >= 4 is 29.3 Å². The third-order valence-corrected chi connectivity index (χ3v) is 5.41. The van der Waals surface area contributed by atoms with Crippen LogP contribution in [0.15, 0.2) is 42.5 Å². The number of hydrogen-bond acceptors (Lipinski definition) is 6. The van der Waals surface area contributed by atoms with Crippen LogP contribution >= 0.6 is 0 Å². The summed E-state index contributed by atoms with van der Waals surface area (Å²) in [4.78, 5) is 38.5. The maximum Gasteiger partial charge on any atom is 0.338 e. The Morgan fingerprint density at radius 1 is 1.09 bits per heavy atom. The van der Waals surface area contributed by atoms with E-state index >= 15 is 0 Å². The van der Waals surface area contributed by atoms with Gasteiger partial charge >= 0.3 is 12.0 Å². The molecule has 3 amide bonds. The Bertz CT molecular complexity index is 1020. The molecule has 2 aliphatic rings. The second-order valence-electron chi connectivity index (χ2n) is 7.90. The molecule has 174 valence electrons. The number of urea groups is 1. The van der Waals surface area contributed by atoms with Crippen LogP contribution in [-0.4, -0.2) is 50.3 Å². The molecular formula is C24H27N3O6. The molecule has 2 aromatic carbocycles. The van der Waals surface area contributed by atoms with Gasteiger partial charge in [-0.1, -0.05) is 13.3 Å². The first-order chi connectivity index (χ1) is 16.0. The van der Waals surface area contributed by atoms with Crippen LogP contribution in [0.2, 0.25) is 0 Å². The molecule has 1 saturated heterocycles. The molecule has 2 aliphatic heterocycles. The third kappa shape index (κ3) is 5.54. The van der Waals surface area contributed by atoms with Crippen molar-refractivity contribution in [1.29, 1.82) is 0 Å². The number of esters is 1. The third-order valence-electron chi connectivity index (χ3n) is 5.41. The van der Waals surface area contributed by atoms with Gasteiger partial charge in [-0.15, -0.1) is 0 Å². The molecule has 1 unspecified atom stereocenters. The van der Waals surface area contributed by atoms with E-state index in [2.05, 4.69) is 10.6 Å². The van der Waals surface area contributed by atoms with Crippen molar-refractivity contribution in [2.75, 3.05) is 36.6 Å². The summed E-state index contributed by atoms with van der Waals surface area (Å²) < 4.78 is 16.3. The second-order valence-corrected chi connectivity index (χ2v) is 7.90. The van der Waals surface area contributed by atoms with E-state index in [1.807, 2.05) is 13.0 Å². The zero-order valence-electron chi connectivity index (χ0n) is 18.5. The van der Waals surface area contributed by atoms with Crippen molar-refractivity contribution in [2.24, 2.45) is 0 Å². The molecule has 0 spiro atoms. The lowest BCUT2D eigenvalue weighted by Crippen LogP contribution is -2.39. The van der Waals surface area contributed by atoms with Crippen molar-refractivity contribution in [3.05, 3.63) is 48.0 Å². The summed E-state index contributed by atoms with van der Waals surface area (Å²) in [6.45, 7) is 3.74. The Hall–Kier alpha value is -3.75. The van der Waals surface area contributed by atoms with Gasteiger partial charge in [0.05, 0.1) is 18.2 Å². The van der Waals surface area contributed by atoms with E-state index in [-0.39, 0.29) is 24.3 Å². The molecule has 0 aliphatic carbocycles. The fourth-order valence-corrected chi connectivity index (χ4v) is 3.69. The fourth-order valence-electron chi connectivity index (χ4n) is 3.69. The molecule has 9 heteroatoms. The SMILES string of the molecule is CCCCOC(=O)c1ccc(NC(=O)NC2CC(=O)N(c3ccc4c(c3)OCCO4)C2)cc1. The summed E-state index contributed by atoms with van der Waals surface area (Å²) in [5.74, 6) is 0.801. The van der Waals surface area contributed by atoms with Gasteiger partial charge in [0, 0.05) is 30.4 Å². The number of nitrogens with one attached hydrogen (secondary N) is 2. The zero-order valence-corrected chi connectivity index (χ0v) is 18.5. The maximum absolute atomic E-state index is 12.5. The van der Waals surface area contributed by atoms with Crippen LogP contribution in [-0.2, 0) is 9.53 Å². The van der Waals surface area contributed by atoms with Crippen molar-refractivity contribution in [2.45, 2.75) is 32.2 Å². The van der Waals surface area contributed by atoms with E-state index in [1.54, 1.807) is 41.3 Å². The quantitative estimate of drug-likeness (QED) is 0.492. The molecule has 0 saturated carbocycles. The van der Waals surface area contributed by atoms with E-state index in [4.69, 9.17) is 14.2 Å². The summed E-state index contributed by atoms with van der Waals surface area (Å²) in [5, 5.41) is 5.56. The van der Waals surface area contributed by atoms with E-state index in [0.29, 0.717) is 54.8 Å². The van der Waals surface area contributed by atoms with Gasteiger partial charge < -0.3 is 29.7 Å². The Balaban J connectivity index is 1.29. The Morgan fingerprint density at radius 2 is 1.85 bits per heavy atom. The lowest BCUT2D eigenvalue weighted by molar-refractivity contribution is -0.117. The number of carbonyl (C=O) groups is 3. The molecule has 0 radical (unpaired) electrons. The minimum Gasteiger partial charge on any atom is -0.486 e. The van der Waals surface area contributed by atoms with Crippen molar-refractivity contribution < 1.29 is 28.6 Å². The van der Waals surface area contributed by atoms with Gasteiger partial charge in [0.2, 0.25) is 5.91 Å². The maximum atomic E-state index is 12.5. The Kier molecular flexibility index (Phi) is 6.97. The number of carbonyl (C=O) groups excluding carboxylic acids is 3. The van der Waals surface area contributed by atoms with Crippen LogP contribution in [0.5, 0.6) is 11.5 Å². The van der Waals surface area contributed by atoms with Crippen LogP contribution in [0.25, 0.3) is 0 Å². The Morgan fingerprint density at radius 3 is 2.61 bits per heavy atom. The normalized spacial score (nSPS) is 16.9. The molecule has 0 aromatic heterocycles. The molecule has 0 bridgehead atoms. The predicted octanol–water partition coefficient (Wildman–Crippen LogP) is 3.34. The monoisotopic (exact) mass is 453 g/mol. The van der Waals surface area contributed by atoms with Crippen molar-refractivity contribution in [3.8, 4) is 11.5 Å². The fraction of sp³-hybridized carbons (Fsp3) is 0.375. The number of unbranched alkanes of at least 4 members (excludes halogenated alkanes) is 1. The van der Waals surface area contributed by atoms with Crippen LogP contribution in [0.3, 0.4) is 0 Å². The summed E-state index contributed by atoms with van der Waals surface area (Å²) in [7, 11) is 0. The van der Waals surface area contributed by atoms with E-state index in [1.165, 1.54) is 0 Å². The highest BCUT2D eigenvalue weighted by molar-refractivity contribution is 5.98. The largest absolute Gasteiger partial charge is 0.486 e. The zero-order chi connectivity index (χ0) is 23.2. The first kappa shape index (κ1) is 22.4. The molecular weight excluding hydrogens is 426 g/mol. The number of fused-ring (bicyclic) bond motifs is 1. The molecule has 2 N–H and O–H groups in total. The smallest absolute Gasteiger partial charge is 0.338 e. The number of rotatable bonds is 7. The Labute approximate surface area is 192 Å². The molecule has 33 heavy (non-hydrogen) atoms. The number of nitrogens with zero attached hydrogens (tertiary/aromatic N) is 1. The van der Waals surface area contributed by atoms with Gasteiger partial charge in [-0.05, 0) is 42.8 Å². The van der Waals surface area contributed by atoms with Crippen LogP contribution < -0.4 is 25.0 Å². The lowest BCUT2D eigenvalue weighted by atomic mass is 10.2. The van der Waals surface area contributed by atoms with Crippen LogP contribution in [0, 0.1) is 0 Å². The van der Waals surface area contributed by atoms with Gasteiger partial charge in [-0.3, -0.25) is 4.79 Å². The minimum absolute atomic E-state index is 0.0806. The topological polar surface area (TPSA) is 106 Å². The average Bonchev–Trinajstić information content (AvgIpc) is 3.18. The molecule has 2 aromatic rings. The molecule has 1 atom stereocenters. The van der Waals surface area contributed by atoms with Gasteiger partial charge in [0.25, 0.3) is 0 Å². The number of ether oxygens (including phenoxy) is 3. The molecule has 4 rings (SSSR count). The average molecular weight is 453 g/mol.